The number of azo groups is 2. The van der Waals surface area contributed by atoms with Gasteiger partial charge in [0.1, 0.15) is 27.8 Å². The number of ether oxygens (including phenoxy) is 2. The Morgan fingerprint density at radius 2 is 1.33 bits per heavy atom. The van der Waals surface area contributed by atoms with E-state index >= 15 is 0 Å². The van der Waals surface area contributed by atoms with E-state index in [4.69, 9.17) is 15.2 Å². The van der Waals surface area contributed by atoms with Crippen LogP contribution < -0.4 is 79.4 Å². The standard InChI is InChI=1S/C34H27N5O8S2.2Na/c1-46-29-15-20(21-8-13-27(30(16-21)47-2)38-39-34-23-6-4-3-5-19(23)9-14-28(34)40)7-12-26(29)37-36-22-10-11-24-25(17-22)33(35)32(49(43,44)45)18-31(24)48(41)42;;/h3-18,40H,35H2,1-2H3,(H,41,42)(H,43,44,45);;/q;2*+1/p-2. The molecule has 0 amide bonds. The van der Waals surface area contributed by atoms with Gasteiger partial charge in [-0.2, -0.15) is 18.6 Å². The summed E-state index contributed by atoms with van der Waals surface area (Å²) in [5.41, 5.74) is 8.42. The minimum atomic E-state index is -4.81. The topological polar surface area (TPSA) is 211 Å². The zero-order valence-electron chi connectivity index (χ0n) is 27.7. The van der Waals surface area contributed by atoms with E-state index in [9.17, 15) is 26.8 Å². The van der Waals surface area contributed by atoms with Crippen LogP contribution in [0.15, 0.2) is 127 Å². The monoisotopic (exact) mass is 741 g/mol. The van der Waals surface area contributed by atoms with Crippen molar-refractivity contribution in [3.8, 4) is 28.4 Å². The molecule has 248 valence electrons. The van der Waals surface area contributed by atoms with Gasteiger partial charge in [0, 0.05) is 15.7 Å². The van der Waals surface area contributed by atoms with Gasteiger partial charge in [-0.25, -0.2) is 0 Å². The summed E-state index contributed by atoms with van der Waals surface area (Å²) < 4.78 is 68.0. The molecule has 0 saturated carbocycles. The summed E-state index contributed by atoms with van der Waals surface area (Å²) in [5, 5.41) is 31.4. The first-order valence-electron chi connectivity index (χ1n) is 14.3. The largest absolute Gasteiger partial charge is 1.00 e. The van der Waals surface area contributed by atoms with E-state index in [2.05, 4.69) is 20.5 Å². The van der Waals surface area contributed by atoms with Crippen LogP contribution >= 0.6 is 0 Å². The number of benzene rings is 6. The fraction of sp³-hybridized carbons (Fsp3) is 0.0588. The van der Waals surface area contributed by atoms with Crippen molar-refractivity contribution in [2.24, 2.45) is 20.5 Å². The second-order valence-corrected chi connectivity index (χ2v) is 12.8. The summed E-state index contributed by atoms with van der Waals surface area (Å²) in [7, 11) is -1.84. The Labute approximate surface area is 339 Å². The number of hydrogen-bond donors (Lipinski definition) is 2. The Morgan fingerprint density at radius 3 is 1.92 bits per heavy atom. The maximum absolute atomic E-state index is 12.5. The van der Waals surface area contributed by atoms with Crippen LogP contribution in [-0.2, 0) is 21.2 Å². The third kappa shape index (κ3) is 8.50. The van der Waals surface area contributed by atoms with Gasteiger partial charge in [0.25, 0.3) is 10.1 Å². The van der Waals surface area contributed by atoms with Crippen molar-refractivity contribution in [3.63, 3.8) is 0 Å². The SMILES string of the molecule is COc1cc(-c2ccc(N=Nc3c([O-])ccc4ccccc34)c(OC)c2)ccc1N=Nc1ccc2c(S(=O)[O-])cc(S(=O)(=O)O)c(N)c2c1.[Na+].[Na+]. The number of nitrogens with zero attached hydrogens (tertiary/aromatic N) is 4. The first kappa shape index (κ1) is 40.0. The van der Waals surface area contributed by atoms with Crippen molar-refractivity contribution >= 4 is 71.2 Å². The van der Waals surface area contributed by atoms with Gasteiger partial charge in [-0.3, -0.25) is 8.76 Å². The molecule has 6 aromatic carbocycles. The van der Waals surface area contributed by atoms with E-state index in [-0.39, 0.29) is 97.6 Å². The van der Waals surface area contributed by atoms with E-state index in [1.807, 2.05) is 30.3 Å². The molecule has 0 aliphatic carbocycles. The molecule has 0 saturated heterocycles. The summed E-state index contributed by atoms with van der Waals surface area (Å²) in [6.45, 7) is 0. The van der Waals surface area contributed by atoms with Gasteiger partial charge in [0.05, 0.1) is 31.3 Å². The zero-order valence-corrected chi connectivity index (χ0v) is 33.4. The first-order chi connectivity index (χ1) is 23.5. The summed E-state index contributed by atoms with van der Waals surface area (Å²) in [5.74, 6) is 0.554. The predicted molar refractivity (Wildman–Crippen MR) is 182 cm³/mol. The summed E-state index contributed by atoms with van der Waals surface area (Å²) in [4.78, 5) is -1.09. The molecule has 0 radical (unpaired) electrons. The minimum absolute atomic E-state index is 0. The third-order valence-corrected chi connectivity index (χ3v) is 9.22. The van der Waals surface area contributed by atoms with Crippen LogP contribution in [0.4, 0.5) is 28.4 Å². The van der Waals surface area contributed by atoms with Crippen LogP contribution in [0.5, 0.6) is 17.2 Å². The molecular formula is C34H25N5Na2O8S2. The molecular weight excluding hydrogens is 717 g/mol. The Bertz CT molecular complexity index is 2480. The number of rotatable bonds is 9. The first-order valence-corrected chi connectivity index (χ1v) is 16.8. The van der Waals surface area contributed by atoms with Crippen LogP contribution in [0.2, 0.25) is 0 Å². The van der Waals surface area contributed by atoms with E-state index < -0.39 is 26.1 Å². The van der Waals surface area contributed by atoms with Crippen LogP contribution in [0.3, 0.4) is 0 Å². The number of hydrogen-bond acceptors (Lipinski definition) is 12. The molecule has 13 nitrogen and oxygen atoms in total. The van der Waals surface area contributed by atoms with Gasteiger partial charge >= 0.3 is 59.1 Å². The van der Waals surface area contributed by atoms with E-state index in [0.717, 1.165) is 22.6 Å². The summed E-state index contributed by atoms with van der Waals surface area (Å²) >= 11 is -2.82. The number of nitrogens with two attached hydrogens (primary N) is 1. The molecule has 1 atom stereocenters. The van der Waals surface area contributed by atoms with Gasteiger partial charge in [0.15, 0.2) is 0 Å². The van der Waals surface area contributed by atoms with Crippen molar-refractivity contribution < 1.29 is 95.4 Å². The molecule has 17 heteroatoms. The van der Waals surface area contributed by atoms with Crippen molar-refractivity contribution in [3.05, 3.63) is 97.1 Å². The van der Waals surface area contributed by atoms with Crippen LogP contribution in [-0.4, -0.2) is 36.0 Å². The second-order valence-electron chi connectivity index (χ2n) is 10.5. The average molecular weight is 742 g/mol. The van der Waals surface area contributed by atoms with Crippen molar-refractivity contribution in [2.45, 2.75) is 9.79 Å². The molecule has 0 heterocycles. The molecule has 6 aromatic rings. The zero-order chi connectivity index (χ0) is 34.9. The molecule has 51 heavy (non-hydrogen) atoms. The van der Waals surface area contributed by atoms with E-state index in [1.165, 1.54) is 38.5 Å². The summed E-state index contributed by atoms with van der Waals surface area (Å²) in [6, 6.07) is 26.2. The molecule has 6 rings (SSSR count). The molecule has 0 spiro atoms. The fourth-order valence-corrected chi connectivity index (χ4v) is 6.52. The molecule has 3 N–H and O–H groups in total. The molecule has 0 aromatic heterocycles. The minimum Gasteiger partial charge on any atom is -0.871 e. The Kier molecular flexibility index (Phi) is 13.1. The van der Waals surface area contributed by atoms with E-state index in [1.54, 1.807) is 36.4 Å². The normalized spacial score (nSPS) is 12.2. The van der Waals surface area contributed by atoms with Gasteiger partial charge in [-0.05, 0) is 75.4 Å². The van der Waals surface area contributed by atoms with Crippen LogP contribution in [0, 0.1) is 0 Å². The summed E-state index contributed by atoms with van der Waals surface area (Å²) in [6.07, 6.45) is 0. The average Bonchev–Trinajstić information content (AvgIpc) is 3.09. The van der Waals surface area contributed by atoms with Crippen LogP contribution in [0.25, 0.3) is 32.7 Å². The van der Waals surface area contributed by atoms with Crippen molar-refractivity contribution in [2.75, 3.05) is 20.0 Å². The maximum atomic E-state index is 12.5. The Hall–Kier alpha value is -3.74. The number of fused-ring (bicyclic) bond motifs is 2. The predicted octanol–water partition coefficient (Wildman–Crippen LogP) is 1.66. The smallest absolute Gasteiger partial charge is 0.871 e. The fourth-order valence-electron chi connectivity index (χ4n) is 5.22. The number of methoxy groups -OCH3 is 2. The van der Waals surface area contributed by atoms with Crippen molar-refractivity contribution in [1.29, 1.82) is 0 Å². The quantitative estimate of drug-likeness (QED) is 0.0724. The molecule has 1 unspecified atom stereocenters. The molecule has 0 bridgehead atoms. The third-order valence-electron chi connectivity index (χ3n) is 7.63. The molecule has 0 aliphatic heterocycles. The molecule has 0 fully saturated rings. The number of anilines is 1. The van der Waals surface area contributed by atoms with Crippen LogP contribution in [0.1, 0.15) is 0 Å². The van der Waals surface area contributed by atoms with Crippen molar-refractivity contribution in [1.82, 2.24) is 0 Å². The maximum Gasteiger partial charge on any atom is 1.00 e. The van der Waals surface area contributed by atoms with E-state index in [0.29, 0.717) is 28.3 Å². The molecule has 0 aliphatic rings. The second kappa shape index (κ2) is 16.7. The van der Waals surface area contributed by atoms with Gasteiger partial charge < -0.3 is 24.9 Å². The van der Waals surface area contributed by atoms with Gasteiger partial charge in [-0.15, -0.1) is 10.2 Å². The Balaban J connectivity index is 0.00000292. The van der Waals surface area contributed by atoms with Gasteiger partial charge in [-0.1, -0.05) is 60.3 Å². The number of nitrogen functional groups attached to an aromatic ring is 1. The van der Waals surface area contributed by atoms with Gasteiger partial charge in [0.2, 0.25) is 0 Å². The Morgan fingerprint density at radius 1 is 0.725 bits per heavy atom.